The maximum Gasteiger partial charge on any atom is 0.297 e. The highest BCUT2D eigenvalue weighted by atomic mass is 35.5. The minimum absolute atomic E-state index is 0.0265. The molecule has 0 spiro atoms. The van der Waals surface area contributed by atoms with E-state index in [1.165, 1.54) is 36.4 Å². The van der Waals surface area contributed by atoms with Gasteiger partial charge in [-0.15, -0.1) is 0 Å². The standard InChI is InChI=1S/C29H20ClN7O13S4/c30-27-33-28(31-16-6-8-17(9-7-16)51(39,40)41)35-29(34-27)32-21-13-18(52(42,43)44)11-15-12-22(53(45,46)47)24(25(38)23(15)21)37-36-20-10-5-14-3-1-2-4-19(14)26(20)54(48,49)50/h1-13,36H,(H,39,40,41)(H,42,43,44)(H,45,46,47)(H,48,49,50)(H2,31,32,33,34,35)/b37-24+. The van der Waals surface area contributed by atoms with Crippen molar-refractivity contribution in [2.24, 2.45) is 10.1 Å². The molecule has 0 radical (unpaired) electrons. The second kappa shape index (κ2) is 13.8. The smallest absolute Gasteiger partial charge is 0.297 e. The molecule has 0 fully saturated rings. The van der Waals surface area contributed by atoms with Gasteiger partial charge < -0.3 is 5.32 Å². The lowest BCUT2D eigenvalue weighted by Crippen LogP contribution is -2.28. The molecule has 0 bridgehead atoms. The Morgan fingerprint density at radius 3 is 2.04 bits per heavy atom. The SMILES string of the molecule is O=C1/C(=N/Nc2ccc3ccccc3c2S(=O)(=O)O)C(S(=O)(=O)O)=Cc2cc(S(=O)(=O)O)cc(N=c3nc(Nc4ccc(S(=O)(=O)O)cc4)nc(Cl)[nH]3)c21. The Hall–Kier alpha value is -5.44. The van der Waals surface area contributed by atoms with Gasteiger partial charge in [-0.25, -0.2) is 4.99 Å². The molecule has 4 aromatic carbocycles. The van der Waals surface area contributed by atoms with Crippen molar-refractivity contribution in [3.63, 3.8) is 0 Å². The number of anilines is 3. The van der Waals surface area contributed by atoms with Crippen LogP contribution in [0.3, 0.4) is 0 Å². The zero-order valence-electron chi connectivity index (χ0n) is 26.3. The number of nitrogens with one attached hydrogen (secondary N) is 3. The first-order chi connectivity index (χ1) is 25.1. The van der Waals surface area contributed by atoms with E-state index in [1.54, 1.807) is 6.07 Å². The van der Waals surface area contributed by atoms with Crippen molar-refractivity contribution in [3.05, 3.63) is 99.7 Å². The number of Topliss-reactive ketones (excluding diaryl/α,β-unsaturated/α-hetero) is 1. The normalized spacial score (nSPS) is 14.9. The van der Waals surface area contributed by atoms with Gasteiger partial charge in [0.2, 0.25) is 22.6 Å². The summed E-state index contributed by atoms with van der Waals surface area (Å²) in [5, 5.41) is 6.50. The summed E-state index contributed by atoms with van der Waals surface area (Å²) in [5.74, 6) is -1.60. The van der Waals surface area contributed by atoms with Crippen LogP contribution < -0.4 is 16.4 Å². The summed E-state index contributed by atoms with van der Waals surface area (Å²) in [4.78, 5) is 25.5. The van der Waals surface area contributed by atoms with Gasteiger partial charge in [0.05, 0.1) is 26.7 Å². The van der Waals surface area contributed by atoms with Crippen LogP contribution in [0.15, 0.2) is 102 Å². The molecule has 1 aliphatic rings. The Kier molecular flexibility index (Phi) is 9.76. The maximum atomic E-state index is 14.1. The number of carbonyl (C=O) groups excluding carboxylic acids is 1. The Labute approximate surface area is 309 Å². The number of benzene rings is 4. The van der Waals surface area contributed by atoms with E-state index in [-0.39, 0.29) is 22.3 Å². The number of hydrazone groups is 1. The molecule has 5 aromatic rings. The van der Waals surface area contributed by atoms with Gasteiger partial charge in [-0.1, -0.05) is 30.3 Å². The largest absolute Gasteiger partial charge is 0.324 e. The van der Waals surface area contributed by atoms with Crippen molar-refractivity contribution in [2.45, 2.75) is 14.7 Å². The number of carbonyl (C=O) groups is 1. The van der Waals surface area contributed by atoms with E-state index < -0.39 is 99.7 Å². The Balaban J connectivity index is 1.51. The molecular formula is C29H20ClN7O13S4. The van der Waals surface area contributed by atoms with Crippen LogP contribution in [0.5, 0.6) is 0 Å². The second-order valence-electron chi connectivity index (χ2n) is 10.9. The number of hydrogen-bond donors (Lipinski definition) is 7. The fourth-order valence-electron chi connectivity index (χ4n) is 5.12. The Morgan fingerprint density at radius 1 is 0.741 bits per heavy atom. The number of rotatable bonds is 9. The number of fused-ring (bicyclic) bond motifs is 2. The summed E-state index contributed by atoms with van der Waals surface area (Å²) >= 11 is 6.10. The van der Waals surface area contributed by atoms with Gasteiger partial charge in [0, 0.05) is 11.1 Å². The van der Waals surface area contributed by atoms with Gasteiger partial charge >= 0.3 is 0 Å². The van der Waals surface area contributed by atoms with E-state index in [0.717, 1.165) is 18.2 Å². The lowest BCUT2D eigenvalue weighted by Gasteiger charge is -2.19. The Morgan fingerprint density at radius 2 is 1.41 bits per heavy atom. The van der Waals surface area contributed by atoms with E-state index in [4.69, 9.17) is 11.6 Å². The first-order valence-electron chi connectivity index (χ1n) is 14.4. The zero-order valence-corrected chi connectivity index (χ0v) is 30.3. The second-order valence-corrected chi connectivity index (χ2v) is 16.9. The van der Waals surface area contributed by atoms with Crippen LogP contribution in [0, 0.1) is 0 Å². The van der Waals surface area contributed by atoms with Crippen LogP contribution >= 0.6 is 11.6 Å². The third kappa shape index (κ3) is 8.05. The van der Waals surface area contributed by atoms with E-state index in [0.29, 0.717) is 23.6 Å². The molecule has 280 valence electrons. The Bertz CT molecular complexity index is 3020. The van der Waals surface area contributed by atoms with E-state index in [9.17, 15) is 56.7 Å². The van der Waals surface area contributed by atoms with Gasteiger partial charge in [0.1, 0.15) is 9.80 Å². The van der Waals surface area contributed by atoms with Crippen LogP contribution in [0.1, 0.15) is 15.9 Å². The fraction of sp³-hybridized carbons (Fsp3) is 0. The maximum absolute atomic E-state index is 14.1. The summed E-state index contributed by atoms with van der Waals surface area (Å²) < 4.78 is 136. The van der Waals surface area contributed by atoms with Gasteiger partial charge in [0.15, 0.2) is 5.71 Å². The summed E-state index contributed by atoms with van der Waals surface area (Å²) in [6.07, 6.45) is 0.643. The number of nitrogens with zero attached hydrogens (tertiary/aromatic N) is 4. The molecule has 6 rings (SSSR count). The number of halogens is 1. The molecule has 20 nitrogen and oxygen atoms in total. The van der Waals surface area contributed by atoms with Crippen molar-refractivity contribution in [1.29, 1.82) is 0 Å². The molecule has 1 aromatic heterocycles. The molecule has 1 heterocycles. The molecule has 0 saturated carbocycles. The number of ketones is 1. The van der Waals surface area contributed by atoms with Crippen LogP contribution in [-0.2, 0) is 40.5 Å². The topological polar surface area (TPSA) is 325 Å². The third-order valence-electron chi connectivity index (χ3n) is 7.35. The molecule has 0 aliphatic heterocycles. The van der Waals surface area contributed by atoms with E-state index >= 15 is 0 Å². The first-order valence-corrected chi connectivity index (χ1v) is 20.5. The molecule has 1 aliphatic carbocycles. The highest BCUT2D eigenvalue weighted by Gasteiger charge is 2.36. The average molecular weight is 838 g/mol. The molecule has 0 saturated heterocycles. The molecule has 7 N–H and O–H groups in total. The minimum Gasteiger partial charge on any atom is -0.324 e. The lowest BCUT2D eigenvalue weighted by atomic mass is 9.93. The summed E-state index contributed by atoms with van der Waals surface area (Å²) in [5.41, 5.74) is -1.13. The van der Waals surface area contributed by atoms with Crippen LogP contribution in [-0.4, -0.2) is 78.3 Å². The highest BCUT2D eigenvalue weighted by molar-refractivity contribution is 7.91. The van der Waals surface area contributed by atoms with Crippen molar-refractivity contribution < 1.29 is 56.7 Å². The average Bonchev–Trinajstić information content (AvgIpc) is 3.05. The predicted molar refractivity (Wildman–Crippen MR) is 191 cm³/mol. The number of hydrogen-bond acceptors (Lipinski definition) is 15. The first kappa shape index (κ1) is 38.3. The molecule has 54 heavy (non-hydrogen) atoms. The summed E-state index contributed by atoms with van der Waals surface area (Å²) in [6, 6.07) is 14.6. The van der Waals surface area contributed by atoms with Crippen molar-refractivity contribution >= 4 is 103 Å². The summed E-state index contributed by atoms with van der Waals surface area (Å²) in [7, 11) is -19.9. The van der Waals surface area contributed by atoms with Gasteiger partial charge in [-0.3, -0.25) is 33.4 Å². The fourth-order valence-corrected chi connectivity index (χ4v) is 7.81. The minimum atomic E-state index is -5.34. The van der Waals surface area contributed by atoms with Crippen molar-refractivity contribution in [1.82, 2.24) is 15.0 Å². The molecule has 0 unspecified atom stereocenters. The number of aromatic amines is 1. The zero-order chi connectivity index (χ0) is 39.4. The molecule has 25 heteroatoms. The monoisotopic (exact) mass is 837 g/mol. The van der Waals surface area contributed by atoms with Gasteiger partial charge in [-0.05, 0) is 71.1 Å². The van der Waals surface area contributed by atoms with Crippen LogP contribution in [0.25, 0.3) is 16.8 Å². The predicted octanol–water partition coefficient (Wildman–Crippen LogP) is 3.22. The number of allylic oxidation sites excluding steroid dienone is 1. The van der Waals surface area contributed by atoms with E-state index in [1.807, 2.05) is 0 Å². The number of H-pyrrole nitrogens is 1. The van der Waals surface area contributed by atoms with Gasteiger partial charge in [0.25, 0.3) is 40.5 Å². The van der Waals surface area contributed by atoms with Crippen LogP contribution in [0.4, 0.5) is 23.0 Å². The number of aromatic nitrogens is 3. The van der Waals surface area contributed by atoms with Crippen LogP contribution in [0.2, 0.25) is 5.28 Å². The molecular weight excluding hydrogens is 818 g/mol. The molecule has 0 amide bonds. The van der Waals surface area contributed by atoms with Crippen molar-refractivity contribution in [3.8, 4) is 0 Å². The van der Waals surface area contributed by atoms with E-state index in [2.05, 4.69) is 35.8 Å². The van der Waals surface area contributed by atoms with Gasteiger partial charge in [-0.2, -0.15) is 48.7 Å². The third-order valence-corrected chi connectivity index (χ3v) is 11.1. The quantitative estimate of drug-likeness (QED) is 0.0827. The summed E-state index contributed by atoms with van der Waals surface area (Å²) in [6.45, 7) is 0. The van der Waals surface area contributed by atoms with Crippen molar-refractivity contribution in [2.75, 3.05) is 10.7 Å². The highest BCUT2D eigenvalue weighted by Crippen LogP contribution is 2.36. The lowest BCUT2D eigenvalue weighted by molar-refractivity contribution is 0.106. The molecule has 0 atom stereocenters.